The molecule has 1 fully saturated rings. The smallest absolute Gasteiger partial charge is 0.294 e. The summed E-state index contributed by atoms with van der Waals surface area (Å²) in [6, 6.07) is 6.36. The highest BCUT2D eigenvalue weighted by atomic mass is 16.5. The van der Waals surface area contributed by atoms with E-state index in [9.17, 15) is 4.79 Å². The molecule has 2 heterocycles. The van der Waals surface area contributed by atoms with Gasteiger partial charge in [-0.25, -0.2) is 5.10 Å². The Balaban J connectivity index is 1.93. The number of aryl methyl sites for hydroxylation is 1. The van der Waals surface area contributed by atoms with E-state index in [1.807, 2.05) is 6.92 Å². The Morgan fingerprint density at radius 3 is 3.05 bits per heavy atom. The molecule has 1 aromatic carbocycles. The standard InChI is InChI=1S/C16H15N3O2/c1-9-2-5-11(7-10-3-4-10)12(6-9)15-13-8-17-18-16(20)14(13)19-21-15/h2,5-6,8,10H,3-4,7H2,1H3,(H,18,20). The minimum absolute atomic E-state index is 0.305. The number of fused-ring (bicyclic) bond motifs is 1. The van der Waals surface area contributed by atoms with Crippen LogP contribution in [0.4, 0.5) is 0 Å². The second-order valence-corrected chi connectivity index (χ2v) is 5.78. The molecule has 2 aromatic heterocycles. The number of aromatic nitrogens is 3. The van der Waals surface area contributed by atoms with Crippen LogP contribution in [0, 0.1) is 12.8 Å². The normalized spacial score (nSPS) is 14.7. The lowest BCUT2D eigenvalue weighted by Gasteiger charge is -2.08. The predicted molar refractivity (Wildman–Crippen MR) is 79.0 cm³/mol. The summed E-state index contributed by atoms with van der Waals surface area (Å²) in [5, 5.41) is 10.8. The maximum atomic E-state index is 11.7. The number of hydrogen-bond acceptors (Lipinski definition) is 4. The van der Waals surface area contributed by atoms with Crippen molar-refractivity contribution in [2.45, 2.75) is 26.2 Å². The van der Waals surface area contributed by atoms with Gasteiger partial charge in [0.05, 0.1) is 11.6 Å². The van der Waals surface area contributed by atoms with Crippen molar-refractivity contribution >= 4 is 10.9 Å². The van der Waals surface area contributed by atoms with E-state index in [2.05, 4.69) is 33.6 Å². The number of rotatable bonds is 3. The largest absolute Gasteiger partial charge is 0.355 e. The monoisotopic (exact) mass is 281 g/mol. The molecule has 106 valence electrons. The van der Waals surface area contributed by atoms with Crippen molar-refractivity contribution in [3.8, 4) is 11.3 Å². The van der Waals surface area contributed by atoms with Crippen molar-refractivity contribution < 1.29 is 4.52 Å². The lowest BCUT2D eigenvalue weighted by atomic mass is 9.97. The number of nitrogens with zero attached hydrogens (tertiary/aromatic N) is 2. The van der Waals surface area contributed by atoms with Crippen LogP contribution in [0.1, 0.15) is 24.0 Å². The van der Waals surface area contributed by atoms with Gasteiger partial charge in [0, 0.05) is 5.56 Å². The summed E-state index contributed by atoms with van der Waals surface area (Å²) in [5.74, 6) is 1.42. The van der Waals surface area contributed by atoms with Gasteiger partial charge in [-0.05, 0) is 43.7 Å². The van der Waals surface area contributed by atoms with E-state index in [4.69, 9.17) is 4.52 Å². The van der Waals surface area contributed by atoms with Crippen LogP contribution in [0.5, 0.6) is 0 Å². The molecule has 0 radical (unpaired) electrons. The predicted octanol–water partition coefficient (Wildman–Crippen LogP) is 2.84. The molecule has 1 saturated carbocycles. The summed E-state index contributed by atoms with van der Waals surface area (Å²) in [6.45, 7) is 2.05. The Hall–Kier alpha value is -2.43. The molecule has 1 N–H and O–H groups in total. The third kappa shape index (κ3) is 2.14. The van der Waals surface area contributed by atoms with E-state index in [1.54, 1.807) is 6.20 Å². The maximum absolute atomic E-state index is 11.7. The van der Waals surface area contributed by atoms with Crippen LogP contribution in [0.15, 0.2) is 33.7 Å². The molecule has 0 aliphatic heterocycles. The Labute approximate surface area is 121 Å². The van der Waals surface area contributed by atoms with E-state index < -0.39 is 0 Å². The van der Waals surface area contributed by atoms with Gasteiger partial charge in [-0.1, -0.05) is 22.9 Å². The first-order valence-electron chi connectivity index (χ1n) is 7.15. The molecule has 0 atom stereocenters. The third-order valence-electron chi connectivity index (χ3n) is 4.02. The lowest BCUT2D eigenvalue weighted by molar-refractivity contribution is 0.440. The van der Waals surface area contributed by atoms with Gasteiger partial charge in [-0.3, -0.25) is 4.79 Å². The van der Waals surface area contributed by atoms with Crippen LogP contribution in [-0.2, 0) is 6.42 Å². The van der Waals surface area contributed by atoms with Crippen LogP contribution in [0.2, 0.25) is 0 Å². The summed E-state index contributed by atoms with van der Waals surface area (Å²) in [6.07, 6.45) is 5.25. The number of nitrogens with one attached hydrogen (secondary N) is 1. The number of H-pyrrole nitrogens is 1. The van der Waals surface area contributed by atoms with Crippen LogP contribution < -0.4 is 5.56 Å². The maximum Gasteiger partial charge on any atom is 0.294 e. The fourth-order valence-corrected chi connectivity index (χ4v) is 2.70. The lowest BCUT2D eigenvalue weighted by Crippen LogP contribution is -2.06. The van der Waals surface area contributed by atoms with Crippen LogP contribution in [-0.4, -0.2) is 15.4 Å². The molecule has 5 heteroatoms. The minimum atomic E-state index is -0.320. The van der Waals surface area contributed by atoms with Crippen molar-refractivity contribution in [3.63, 3.8) is 0 Å². The van der Waals surface area contributed by atoms with Gasteiger partial charge in [0.25, 0.3) is 5.56 Å². The summed E-state index contributed by atoms with van der Waals surface area (Å²) in [4.78, 5) is 11.7. The van der Waals surface area contributed by atoms with E-state index in [1.165, 1.54) is 18.4 Å². The van der Waals surface area contributed by atoms with Gasteiger partial charge in [-0.2, -0.15) is 5.10 Å². The molecule has 0 bridgehead atoms. The molecular weight excluding hydrogens is 266 g/mol. The Morgan fingerprint density at radius 1 is 1.38 bits per heavy atom. The van der Waals surface area contributed by atoms with Crippen molar-refractivity contribution in [3.05, 3.63) is 45.9 Å². The molecule has 0 saturated heterocycles. The molecule has 3 aromatic rings. The SMILES string of the molecule is Cc1ccc(CC2CC2)c(-c2onc3c(=O)[nH]ncc23)c1. The zero-order valence-electron chi connectivity index (χ0n) is 11.7. The third-order valence-corrected chi connectivity index (χ3v) is 4.02. The van der Waals surface area contributed by atoms with Crippen LogP contribution >= 0.6 is 0 Å². The number of hydrogen-bond donors (Lipinski definition) is 1. The molecular formula is C16H15N3O2. The molecule has 0 amide bonds. The average molecular weight is 281 g/mol. The van der Waals surface area contributed by atoms with Gasteiger partial charge in [0.2, 0.25) is 0 Å². The van der Waals surface area contributed by atoms with E-state index >= 15 is 0 Å². The van der Waals surface area contributed by atoms with Crippen molar-refractivity contribution in [2.75, 3.05) is 0 Å². The first kappa shape index (κ1) is 12.3. The van der Waals surface area contributed by atoms with Gasteiger partial charge >= 0.3 is 0 Å². The molecule has 0 unspecified atom stereocenters. The molecule has 5 nitrogen and oxygen atoms in total. The second kappa shape index (κ2) is 4.55. The summed E-state index contributed by atoms with van der Waals surface area (Å²) in [7, 11) is 0. The Morgan fingerprint density at radius 2 is 2.24 bits per heavy atom. The van der Waals surface area contributed by atoms with Crippen molar-refractivity contribution in [1.29, 1.82) is 0 Å². The van der Waals surface area contributed by atoms with Crippen LogP contribution in [0.25, 0.3) is 22.2 Å². The summed E-state index contributed by atoms with van der Waals surface area (Å²) < 4.78 is 5.47. The fourth-order valence-electron chi connectivity index (χ4n) is 2.70. The first-order valence-corrected chi connectivity index (χ1v) is 7.15. The average Bonchev–Trinajstić information content (AvgIpc) is 3.18. The van der Waals surface area contributed by atoms with Gasteiger partial charge in [0.15, 0.2) is 11.3 Å². The molecule has 1 aliphatic rings. The highest BCUT2D eigenvalue weighted by Gasteiger charge is 2.24. The van der Waals surface area contributed by atoms with E-state index in [0.29, 0.717) is 16.7 Å². The number of aromatic amines is 1. The molecule has 21 heavy (non-hydrogen) atoms. The van der Waals surface area contributed by atoms with Gasteiger partial charge in [0.1, 0.15) is 0 Å². The first-order chi connectivity index (χ1) is 10.2. The molecule has 4 rings (SSSR count). The van der Waals surface area contributed by atoms with Crippen LogP contribution in [0.3, 0.4) is 0 Å². The quantitative estimate of drug-likeness (QED) is 0.801. The highest BCUT2D eigenvalue weighted by Crippen LogP contribution is 2.37. The highest BCUT2D eigenvalue weighted by molar-refractivity contribution is 5.91. The van der Waals surface area contributed by atoms with Crippen molar-refractivity contribution in [2.24, 2.45) is 5.92 Å². The topological polar surface area (TPSA) is 71.8 Å². The summed E-state index contributed by atoms with van der Waals surface area (Å²) in [5.41, 5.74) is 3.42. The zero-order valence-corrected chi connectivity index (χ0v) is 11.7. The second-order valence-electron chi connectivity index (χ2n) is 5.78. The zero-order chi connectivity index (χ0) is 14.4. The van der Waals surface area contributed by atoms with E-state index in [-0.39, 0.29) is 5.56 Å². The van der Waals surface area contributed by atoms with Gasteiger partial charge in [-0.15, -0.1) is 0 Å². The Kier molecular flexibility index (Phi) is 2.67. The number of benzene rings is 1. The molecule has 0 spiro atoms. The Bertz CT molecular complexity index is 875. The summed E-state index contributed by atoms with van der Waals surface area (Å²) >= 11 is 0. The van der Waals surface area contributed by atoms with Gasteiger partial charge < -0.3 is 4.52 Å². The van der Waals surface area contributed by atoms with E-state index in [0.717, 1.165) is 23.5 Å². The fraction of sp³-hybridized carbons (Fsp3) is 0.312. The van der Waals surface area contributed by atoms with Crippen molar-refractivity contribution in [1.82, 2.24) is 15.4 Å². The minimum Gasteiger partial charge on any atom is -0.355 e. The molecule has 1 aliphatic carbocycles.